The van der Waals surface area contributed by atoms with Crippen LogP contribution in [0.3, 0.4) is 0 Å². The average Bonchev–Trinajstić information content (AvgIpc) is 3.23. The van der Waals surface area contributed by atoms with Gasteiger partial charge < -0.3 is 30.3 Å². The summed E-state index contributed by atoms with van der Waals surface area (Å²) in [6.07, 6.45) is 50.6. The number of ether oxygens (including phenoxy) is 2. The summed E-state index contributed by atoms with van der Waals surface area (Å²) in [4.78, 5) is 46.0. The van der Waals surface area contributed by atoms with Crippen molar-refractivity contribution in [3.05, 3.63) is 109 Å². The Balaban J connectivity index is 4.70. The number of aliphatic carboxylic acids is 1. The van der Waals surface area contributed by atoms with Crippen molar-refractivity contribution in [1.82, 2.24) is 0 Å². The lowest BCUT2D eigenvalue weighted by Crippen LogP contribution is -2.34. The van der Waals surface area contributed by atoms with Gasteiger partial charge in [0.2, 0.25) is 0 Å². The number of rotatable bonds is 39. The summed E-state index contributed by atoms with van der Waals surface area (Å²) in [7, 11) is -4.79. The number of esters is 2. The lowest BCUT2D eigenvalue weighted by molar-refractivity contribution is -0.161. The molecular formula is C48H76NO11P. The average molecular weight is 874 g/mol. The Morgan fingerprint density at radius 2 is 1.07 bits per heavy atom. The Bertz CT molecular complexity index is 1460. The predicted octanol–water partition coefficient (Wildman–Crippen LogP) is 10.8. The van der Waals surface area contributed by atoms with Crippen LogP contribution in [0.4, 0.5) is 0 Å². The second kappa shape index (κ2) is 41.5. The van der Waals surface area contributed by atoms with E-state index < -0.39 is 63.8 Å². The first-order valence-electron chi connectivity index (χ1n) is 22.0. The highest BCUT2D eigenvalue weighted by Gasteiger charge is 2.28. The maximum atomic E-state index is 12.6. The lowest BCUT2D eigenvalue weighted by Gasteiger charge is -2.20. The van der Waals surface area contributed by atoms with Gasteiger partial charge in [0.1, 0.15) is 12.6 Å². The Morgan fingerprint density at radius 1 is 0.590 bits per heavy atom. The van der Waals surface area contributed by atoms with Crippen molar-refractivity contribution in [1.29, 1.82) is 0 Å². The van der Waals surface area contributed by atoms with Crippen LogP contribution in [-0.4, -0.2) is 71.1 Å². The molecule has 0 rings (SSSR count). The molecule has 0 fully saturated rings. The molecule has 0 aromatic heterocycles. The molecule has 344 valence electrons. The van der Waals surface area contributed by atoms with Crippen LogP contribution in [0.25, 0.3) is 0 Å². The monoisotopic (exact) mass is 874 g/mol. The summed E-state index contributed by atoms with van der Waals surface area (Å²) in [6.45, 7) is 2.45. The van der Waals surface area contributed by atoms with Gasteiger partial charge in [-0.25, -0.2) is 4.57 Å². The van der Waals surface area contributed by atoms with Gasteiger partial charge in [0.15, 0.2) is 6.10 Å². The van der Waals surface area contributed by atoms with E-state index in [1.165, 1.54) is 38.5 Å². The minimum absolute atomic E-state index is 0.00946. The third-order valence-corrected chi connectivity index (χ3v) is 9.56. The van der Waals surface area contributed by atoms with E-state index in [1.54, 1.807) is 12.2 Å². The van der Waals surface area contributed by atoms with E-state index in [2.05, 4.69) is 85.2 Å². The first kappa shape index (κ1) is 57.1. The zero-order valence-corrected chi connectivity index (χ0v) is 37.7. The van der Waals surface area contributed by atoms with Gasteiger partial charge in [0.25, 0.3) is 0 Å². The topological polar surface area (TPSA) is 192 Å². The molecular weight excluding hydrogens is 797 g/mol. The molecule has 0 heterocycles. The minimum atomic E-state index is -4.79. The number of aliphatic hydroxyl groups is 1. The van der Waals surface area contributed by atoms with Crippen LogP contribution in [0.1, 0.15) is 136 Å². The highest BCUT2D eigenvalue weighted by molar-refractivity contribution is 7.47. The van der Waals surface area contributed by atoms with Gasteiger partial charge in [-0.15, -0.1) is 0 Å². The fourth-order valence-corrected chi connectivity index (χ4v) is 5.87. The summed E-state index contributed by atoms with van der Waals surface area (Å²) in [5.41, 5.74) is 5.32. The number of nitrogens with two attached hydrogens (primary N) is 1. The second-order valence-electron chi connectivity index (χ2n) is 14.3. The van der Waals surface area contributed by atoms with Gasteiger partial charge in [-0.05, 0) is 83.5 Å². The van der Waals surface area contributed by atoms with E-state index in [4.69, 9.17) is 24.8 Å². The standard InChI is InChI=1S/C48H76NO11P/c1-3-5-7-9-11-13-15-17-18-19-20-21-22-24-26-28-30-32-34-38-47(52)60-44(41-58-61(55,56)59-42-45(49)48(53)54)40-57-46(51)39-35-37-43(50)36-33-31-29-27-25-23-16-14-12-10-8-6-4-2/h11-14,17-18,20-21,23-26,29-33,36,43-45,50H,3-10,15-16,19,22,27-28,34-35,37-42,49H2,1-2H3,(H,53,54)(H,55,56)/b13-11-,14-12-,18-17-,21-20-,25-23-,26-24-,31-29-,32-30-,36-33+/t43-,44-,45+/m1/s1. The molecule has 0 aliphatic carbocycles. The summed E-state index contributed by atoms with van der Waals surface area (Å²) < 4.78 is 32.5. The summed E-state index contributed by atoms with van der Waals surface area (Å²) in [5, 5.41) is 19.1. The molecule has 0 aromatic rings. The van der Waals surface area contributed by atoms with Gasteiger partial charge in [-0.2, -0.15) is 0 Å². The van der Waals surface area contributed by atoms with Crippen LogP contribution < -0.4 is 5.73 Å². The molecule has 0 saturated carbocycles. The van der Waals surface area contributed by atoms with E-state index in [0.717, 1.165) is 44.9 Å². The number of unbranched alkanes of at least 4 members (excludes halogenated alkanes) is 6. The van der Waals surface area contributed by atoms with Crippen molar-refractivity contribution in [2.75, 3.05) is 19.8 Å². The molecule has 0 spiro atoms. The summed E-state index contributed by atoms with van der Waals surface area (Å²) in [6, 6.07) is -1.57. The molecule has 61 heavy (non-hydrogen) atoms. The summed E-state index contributed by atoms with van der Waals surface area (Å²) in [5.74, 6) is -2.72. The number of carbonyl (C=O) groups is 3. The summed E-state index contributed by atoms with van der Waals surface area (Å²) >= 11 is 0. The van der Waals surface area contributed by atoms with Crippen molar-refractivity contribution in [3.8, 4) is 0 Å². The molecule has 12 nitrogen and oxygen atoms in total. The van der Waals surface area contributed by atoms with Crippen LogP contribution in [-0.2, 0) is 37.5 Å². The van der Waals surface area contributed by atoms with Crippen molar-refractivity contribution in [2.45, 2.75) is 154 Å². The number of phosphoric ester groups is 1. The van der Waals surface area contributed by atoms with Gasteiger partial charge in [-0.3, -0.25) is 23.4 Å². The molecule has 0 aliphatic rings. The van der Waals surface area contributed by atoms with E-state index in [-0.39, 0.29) is 12.8 Å². The molecule has 0 aliphatic heterocycles. The highest BCUT2D eigenvalue weighted by atomic mass is 31.2. The molecule has 5 N–H and O–H groups in total. The molecule has 0 aromatic carbocycles. The number of carboxylic acid groups (broad SMARTS) is 1. The number of aliphatic hydroxyl groups excluding tert-OH is 1. The Morgan fingerprint density at radius 3 is 1.57 bits per heavy atom. The van der Waals surface area contributed by atoms with Crippen LogP contribution in [0, 0.1) is 0 Å². The highest BCUT2D eigenvalue weighted by Crippen LogP contribution is 2.43. The fraction of sp³-hybridized carbons (Fsp3) is 0.562. The molecule has 0 saturated heterocycles. The number of carbonyl (C=O) groups excluding carboxylic acids is 2. The maximum Gasteiger partial charge on any atom is 0.472 e. The zero-order chi connectivity index (χ0) is 45.1. The molecule has 4 atom stereocenters. The molecule has 0 radical (unpaired) electrons. The van der Waals surface area contributed by atoms with E-state index in [0.29, 0.717) is 25.7 Å². The number of allylic oxidation sites excluding steroid dienone is 17. The number of hydrogen-bond donors (Lipinski definition) is 4. The van der Waals surface area contributed by atoms with Crippen LogP contribution in [0.2, 0.25) is 0 Å². The van der Waals surface area contributed by atoms with Crippen LogP contribution in [0.15, 0.2) is 109 Å². The van der Waals surface area contributed by atoms with E-state index in [9.17, 15) is 28.9 Å². The number of hydrogen-bond acceptors (Lipinski definition) is 10. The van der Waals surface area contributed by atoms with Crippen LogP contribution in [0.5, 0.6) is 0 Å². The SMILES string of the molecule is CCCCC/C=C\C/C=C\C/C=C\C=C\[C@@H](O)CCCC(=O)OC[C@H](COP(=O)(O)OC[C@H](N)C(=O)O)OC(=O)CC/C=C\C/C=C\C/C=C\C/C=C\C/C=C\CCCCC. The van der Waals surface area contributed by atoms with Crippen LogP contribution >= 0.6 is 7.82 Å². The normalized spacial score (nSPS) is 15.2. The molecule has 1 unspecified atom stereocenters. The Kier molecular flexibility index (Phi) is 38.8. The fourth-order valence-electron chi connectivity index (χ4n) is 5.09. The van der Waals surface area contributed by atoms with Crippen molar-refractivity contribution in [2.24, 2.45) is 5.73 Å². The second-order valence-corrected chi connectivity index (χ2v) is 15.8. The van der Waals surface area contributed by atoms with Crippen molar-refractivity contribution < 1.29 is 52.6 Å². The van der Waals surface area contributed by atoms with E-state index in [1.807, 2.05) is 30.4 Å². The number of carboxylic acids is 1. The Labute approximate surface area is 366 Å². The Hall–Kier alpha value is -3.90. The predicted molar refractivity (Wildman–Crippen MR) is 246 cm³/mol. The maximum absolute atomic E-state index is 12.6. The van der Waals surface area contributed by atoms with Crippen molar-refractivity contribution in [3.63, 3.8) is 0 Å². The first-order chi connectivity index (χ1) is 29.5. The van der Waals surface area contributed by atoms with Crippen molar-refractivity contribution >= 4 is 25.7 Å². The van der Waals surface area contributed by atoms with Gasteiger partial charge in [0.05, 0.1) is 19.3 Å². The largest absolute Gasteiger partial charge is 0.480 e. The van der Waals surface area contributed by atoms with Gasteiger partial charge in [0, 0.05) is 12.8 Å². The lowest BCUT2D eigenvalue weighted by atomic mass is 10.1. The quantitative estimate of drug-likeness (QED) is 0.0150. The van der Waals surface area contributed by atoms with Gasteiger partial charge in [-0.1, -0.05) is 149 Å². The smallest absolute Gasteiger partial charge is 0.472 e. The third kappa shape index (κ3) is 41.2. The number of phosphoric acid groups is 1. The molecule has 0 amide bonds. The molecule has 0 bridgehead atoms. The first-order valence-corrected chi connectivity index (χ1v) is 23.5. The van der Waals surface area contributed by atoms with Gasteiger partial charge >= 0.3 is 25.7 Å². The zero-order valence-electron chi connectivity index (χ0n) is 36.8. The third-order valence-electron chi connectivity index (χ3n) is 8.61. The minimum Gasteiger partial charge on any atom is -0.480 e. The van der Waals surface area contributed by atoms with E-state index >= 15 is 0 Å². The molecule has 13 heteroatoms.